The van der Waals surface area contributed by atoms with E-state index < -0.39 is 0 Å². The molecular weight excluding hydrogens is 300 g/mol. The zero-order valence-corrected chi connectivity index (χ0v) is 17.0. The standard InChI is InChI=1S/C21H44O3/c1-5-8-9-10-11-12-13-16-21(14-6-2,15-7-3)24-20-19-23-18-17-22-4/h5-20H2,1-4H3. The van der Waals surface area contributed by atoms with Crippen LogP contribution in [-0.4, -0.2) is 39.1 Å². The van der Waals surface area contributed by atoms with Gasteiger partial charge in [0.15, 0.2) is 0 Å². The molecule has 0 aromatic carbocycles. The summed E-state index contributed by atoms with van der Waals surface area (Å²) in [6.45, 7) is 9.52. The molecule has 0 aliphatic heterocycles. The predicted octanol–water partition coefficient (Wildman–Crippen LogP) is 6.15. The van der Waals surface area contributed by atoms with E-state index in [1.54, 1.807) is 7.11 Å². The van der Waals surface area contributed by atoms with Crippen LogP contribution in [0.3, 0.4) is 0 Å². The van der Waals surface area contributed by atoms with Crippen molar-refractivity contribution in [3.63, 3.8) is 0 Å². The fourth-order valence-corrected chi connectivity index (χ4v) is 3.47. The van der Waals surface area contributed by atoms with Crippen molar-refractivity contribution in [1.29, 1.82) is 0 Å². The molecule has 0 N–H and O–H groups in total. The first kappa shape index (κ1) is 23.9. The average molecular weight is 345 g/mol. The first-order valence-electron chi connectivity index (χ1n) is 10.4. The van der Waals surface area contributed by atoms with Crippen LogP contribution < -0.4 is 0 Å². The number of hydrogen-bond donors (Lipinski definition) is 0. The van der Waals surface area contributed by atoms with Crippen LogP contribution in [0.5, 0.6) is 0 Å². The van der Waals surface area contributed by atoms with Crippen molar-refractivity contribution >= 4 is 0 Å². The third kappa shape index (κ3) is 13.2. The Morgan fingerprint density at radius 2 is 1.17 bits per heavy atom. The van der Waals surface area contributed by atoms with E-state index in [0.29, 0.717) is 26.4 Å². The molecule has 0 aliphatic carbocycles. The van der Waals surface area contributed by atoms with Crippen molar-refractivity contribution in [2.24, 2.45) is 0 Å². The summed E-state index contributed by atoms with van der Waals surface area (Å²) in [6, 6.07) is 0. The lowest BCUT2D eigenvalue weighted by Crippen LogP contribution is -2.34. The van der Waals surface area contributed by atoms with Gasteiger partial charge in [-0.2, -0.15) is 0 Å². The molecule has 0 atom stereocenters. The Kier molecular flexibility index (Phi) is 17.6. The lowest BCUT2D eigenvalue weighted by Gasteiger charge is -2.34. The van der Waals surface area contributed by atoms with E-state index in [9.17, 15) is 0 Å². The lowest BCUT2D eigenvalue weighted by molar-refractivity contribution is -0.0866. The maximum Gasteiger partial charge on any atom is 0.0708 e. The highest BCUT2D eigenvalue weighted by atomic mass is 16.5. The second-order valence-electron chi connectivity index (χ2n) is 7.01. The van der Waals surface area contributed by atoms with E-state index in [2.05, 4.69) is 20.8 Å². The molecule has 0 saturated heterocycles. The molecule has 3 heteroatoms. The molecule has 0 amide bonds. The van der Waals surface area contributed by atoms with E-state index in [1.165, 1.54) is 77.0 Å². The number of rotatable bonds is 19. The molecule has 3 nitrogen and oxygen atoms in total. The van der Waals surface area contributed by atoms with E-state index in [0.717, 1.165) is 0 Å². The highest BCUT2D eigenvalue weighted by Gasteiger charge is 2.28. The summed E-state index contributed by atoms with van der Waals surface area (Å²) in [7, 11) is 1.70. The summed E-state index contributed by atoms with van der Waals surface area (Å²) in [6.07, 6.45) is 15.5. The Bertz CT molecular complexity index is 237. The van der Waals surface area contributed by atoms with Crippen LogP contribution in [0, 0.1) is 0 Å². The van der Waals surface area contributed by atoms with Crippen LogP contribution in [0.1, 0.15) is 97.8 Å². The van der Waals surface area contributed by atoms with Gasteiger partial charge in [-0.1, -0.05) is 78.6 Å². The Morgan fingerprint density at radius 1 is 0.583 bits per heavy atom. The molecule has 0 aromatic rings. The monoisotopic (exact) mass is 344 g/mol. The summed E-state index contributed by atoms with van der Waals surface area (Å²) < 4.78 is 16.9. The third-order valence-corrected chi connectivity index (χ3v) is 4.71. The van der Waals surface area contributed by atoms with Crippen LogP contribution >= 0.6 is 0 Å². The maximum atomic E-state index is 6.37. The Labute approximate surface area is 151 Å². The second-order valence-corrected chi connectivity index (χ2v) is 7.01. The van der Waals surface area contributed by atoms with Crippen molar-refractivity contribution < 1.29 is 14.2 Å². The highest BCUT2D eigenvalue weighted by molar-refractivity contribution is 4.80. The Morgan fingerprint density at radius 3 is 1.75 bits per heavy atom. The van der Waals surface area contributed by atoms with Crippen molar-refractivity contribution in [3.05, 3.63) is 0 Å². The predicted molar refractivity (Wildman–Crippen MR) is 104 cm³/mol. The molecule has 0 bridgehead atoms. The van der Waals surface area contributed by atoms with Gasteiger partial charge in [-0.3, -0.25) is 0 Å². The van der Waals surface area contributed by atoms with Gasteiger partial charge in [-0.15, -0.1) is 0 Å². The van der Waals surface area contributed by atoms with Gasteiger partial charge in [0.2, 0.25) is 0 Å². The molecule has 0 radical (unpaired) electrons. The summed E-state index contributed by atoms with van der Waals surface area (Å²) in [5, 5.41) is 0. The highest BCUT2D eigenvalue weighted by Crippen LogP contribution is 2.30. The summed E-state index contributed by atoms with van der Waals surface area (Å²) in [4.78, 5) is 0. The molecule has 0 heterocycles. The normalized spacial score (nSPS) is 12.0. The van der Waals surface area contributed by atoms with Gasteiger partial charge >= 0.3 is 0 Å². The van der Waals surface area contributed by atoms with Crippen LogP contribution in [0.2, 0.25) is 0 Å². The van der Waals surface area contributed by atoms with E-state index in [-0.39, 0.29) is 5.60 Å². The molecule has 146 valence electrons. The van der Waals surface area contributed by atoms with Crippen LogP contribution in [0.25, 0.3) is 0 Å². The van der Waals surface area contributed by atoms with Gasteiger partial charge in [-0.05, 0) is 19.3 Å². The summed E-state index contributed by atoms with van der Waals surface area (Å²) in [5.74, 6) is 0. The van der Waals surface area contributed by atoms with Crippen LogP contribution in [0.4, 0.5) is 0 Å². The topological polar surface area (TPSA) is 27.7 Å². The molecule has 0 spiro atoms. The first-order chi connectivity index (χ1) is 11.7. The summed E-state index contributed by atoms with van der Waals surface area (Å²) in [5.41, 5.74) is 0.0809. The first-order valence-corrected chi connectivity index (χ1v) is 10.4. The fourth-order valence-electron chi connectivity index (χ4n) is 3.47. The van der Waals surface area contributed by atoms with Gasteiger partial charge in [0.05, 0.1) is 32.0 Å². The van der Waals surface area contributed by atoms with Crippen LogP contribution in [0.15, 0.2) is 0 Å². The van der Waals surface area contributed by atoms with Gasteiger partial charge in [-0.25, -0.2) is 0 Å². The van der Waals surface area contributed by atoms with Crippen molar-refractivity contribution in [2.45, 2.75) is 103 Å². The lowest BCUT2D eigenvalue weighted by atomic mass is 9.86. The van der Waals surface area contributed by atoms with Crippen LogP contribution in [-0.2, 0) is 14.2 Å². The molecule has 0 rings (SSSR count). The molecule has 24 heavy (non-hydrogen) atoms. The third-order valence-electron chi connectivity index (χ3n) is 4.71. The van der Waals surface area contributed by atoms with Gasteiger partial charge in [0.25, 0.3) is 0 Å². The number of unbranched alkanes of at least 4 members (excludes halogenated alkanes) is 6. The number of hydrogen-bond acceptors (Lipinski definition) is 3. The number of ether oxygens (including phenoxy) is 3. The largest absolute Gasteiger partial charge is 0.382 e. The molecule has 0 aliphatic rings. The fraction of sp³-hybridized carbons (Fsp3) is 1.00. The number of methoxy groups -OCH3 is 1. The summed E-state index contributed by atoms with van der Waals surface area (Å²) >= 11 is 0. The SMILES string of the molecule is CCCCCCCCCC(CCC)(CCC)OCCOCCOC. The zero-order valence-electron chi connectivity index (χ0n) is 17.0. The maximum absolute atomic E-state index is 6.37. The molecule has 0 fully saturated rings. The van der Waals surface area contributed by atoms with E-state index in [4.69, 9.17) is 14.2 Å². The quantitative estimate of drug-likeness (QED) is 0.263. The van der Waals surface area contributed by atoms with E-state index >= 15 is 0 Å². The molecular formula is C21H44O3. The van der Waals surface area contributed by atoms with Crippen molar-refractivity contribution in [1.82, 2.24) is 0 Å². The molecule has 0 unspecified atom stereocenters. The van der Waals surface area contributed by atoms with Gasteiger partial charge in [0, 0.05) is 7.11 Å². The zero-order chi connectivity index (χ0) is 17.9. The van der Waals surface area contributed by atoms with Crippen molar-refractivity contribution in [2.75, 3.05) is 33.5 Å². The minimum absolute atomic E-state index is 0.0809. The second kappa shape index (κ2) is 17.7. The Hall–Kier alpha value is -0.120. The van der Waals surface area contributed by atoms with Crippen molar-refractivity contribution in [3.8, 4) is 0 Å². The minimum Gasteiger partial charge on any atom is -0.382 e. The minimum atomic E-state index is 0.0809. The Balaban J connectivity index is 4.08. The van der Waals surface area contributed by atoms with Gasteiger partial charge in [0.1, 0.15) is 0 Å². The average Bonchev–Trinajstić information content (AvgIpc) is 2.58. The van der Waals surface area contributed by atoms with Gasteiger partial charge < -0.3 is 14.2 Å². The van der Waals surface area contributed by atoms with E-state index in [1.807, 2.05) is 0 Å². The molecule has 0 saturated carbocycles. The molecule has 0 aromatic heterocycles. The smallest absolute Gasteiger partial charge is 0.0708 e.